The summed E-state index contributed by atoms with van der Waals surface area (Å²) >= 11 is 0. The average molecular weight is 394 g/mol. The first kappa shape index (κ1) is 24.9. The molecular formula is C24H43NO3. The van der Waals surface area contributed by atoms with Crippen molar-refractivity contribution in [2.75, 3.05) is 6.54 Å². The zero-order valence-electron chi connectivity index (χ0n) is 18.4. The molecule has 0 aromatic rings. The zero-order valence-corrected chi connectivity index (χ0v) is 18.4. The van der Waals surface area contributed by atoms with Gasteiger partial charge in [-0.15, -0.1) is 0 Å². The molecular weight excluding hydrogens is 350 g/mol. The highest BCUT2D eigenvalue weighted by atomic mass is 16.3. The summed E-state index contributed by atoms with van der Waals surface area (Å²) in [6.45, 7) is 7.11. The van der Waals surface area contributed by atoms with E-state index < -0.39 is 0 Å². The molecule has 3 unspecified atom stereocenters. The number of nitrogens with one attached hydrogen (secondary N) is 1. The van der Waals surface area contributed by atoms with E-state index in [1.165, 1.54) is 0 Å². The molecule has 1 aliphatic carbocycles. The Kier molecular flexibility index (Phi) is 13.1. The third-order valence-corrected chi connectivity index (χ3v) is 5.71. The molecule has 1 fully saturated rings. The topological polar surface area (TPSA) is 66.4 Å². The summed E-state index contributed by atoms with van der Waals surface area (Å²) in [6.07, 6.45) is 15.1. The minimum absolute atomic E-state index is 0.133. The van der Waals surface area contributed by atoms with Gasteiger partial charge in [0.1, 0.15) is 5.78 Å². The number of aliphatic hydroxyl groups is 1. The van der Waals surface area contributed by atoms with E-state index in [0.717, 1.165) is 70.8 Å². The fourth-order valence-electron chi connectivity index (χ4n) is 3.92. The molecule has 0 aromatic heterocycles. The highest BCUT2D eigenvalue weighted by Crippen LogP contribution is 2.34. The maximum absolute atomic E-state index is 12.2. The third-order valence-electron chi connectivity index (χ3n) is 5.71. The maximum Gasteiger partial charge on any atom is 0.220 e. The van der Waals surface area contributed by atoms with E-state index in [2.05, 4.69) is 32.2 Å². The zero-order chi connectivity index (χ0) is 20.8. The molecule has 1 saturated carbocycles. The van der Waals surface area contributed by atoms with Gasteiger partial charge in [0.25, 0.3) is 0 Å². The predicted molar refractivity (Wildman–Crippen MR) is 116 cm³/mol. The fraction of sp³-hybridized carbons (Fsp3) is 0.833. The summed E-state index contributed by atoms with van der Waals surface area (Å²) < 4.78 is 0. The van der Waals surface area contributed by atoms with Gasteiger partial charge in [-0.3, -0.25) is 9.59 Å². The van der Waals surface area contributed by atoms with Crippen LogP contribution < -0.4 is 5.32 Å². The molecule has 28 heavy (non-hydrogen) atoms. The lowest BCUT2D eigenvalue weighted by Crippen LogP contribution is -2.26. The van der Waals surface area contributed by atoms with Crippen LogP contribution in [0, 0.1) is 17.8 Å². The lowest BCUT2D eigenvalue weighted by molar-refractivity contribution is -0.122. The average Bonchev–Trinajstić information content (AvgIpc) is 3.01. The Balaban J connectivity index is 2.20. The van der Waals surface area contributed by atoms with Gasteiger partial charge in [-0.1, -0.05) is 71.4 Å². The van der Waals surface area contributed by atoms with E-state index >= 15 is 0 Å². The van der Waals surface area contributed by atoms with Crippen molar-refractivity contribution in [3.05, 3.63) is 12.2 Å². The molecule has 1 amide bonds. The second-order valence-electron chi connectivity index (χ2n) is 8.87. The largest absolute Gasteiger partial charge is 0.389 e. The number of carbonyl (C=O) groups excluding carboxylic acids is 2. The van der Waals surface area contributed by atoms with Crippen molar-refractivity contribution in [1.82, 2.24) is 5.32 Å². The molecule has 1 aliphatic rings. The van der Waals surface area contributed by atoms with Gasteiger partial charge >= 0.3 is 0 Å². The Morgan fingerprint density at radius 2 is 1.93 bits per heavy atom. The molecule has 162 valence electrons. The number of carbonyl (C=O) groups is 2. The summed E-state index contributed by atoms with van der Waals surface area (Å²) in [4.78, 5) is 23.9. The smallest absolute Gasteiger partial charge is 0.220 e. The number of rotatable bonds is 15. The molecule has 0 aliphatic heterocycles. The van der Waals surface area contributed by atoms with Gasteiger partial charge in [-0.2, -0.15) is 0 Å². The van der Waals surface area contributed by atoms with E-state index in [1.54, 1.807) is 0 Å². The van der Waals surface area contributed by atoms with Crippen LogP contribution in [0.2, 0.25) is 0 Å². The lowest BCUT2D eigenvalue weighted by Gasteiger charge is -2.15. The van der Waals surface area contributed by atoms with Gasteiger partial charge in [-0.25, -0.2) is 0 Å². The van der Waals surface area contributed by atoms with E-state index in [1.807, 2.05) is 6.08 Å². The van der Waals surface area contributed by atoms with Gasteiger partial charge in [0.15, 0.2) is 0 Å². The summed E-state index contributed by atoms with van der Waals surface area (Å²) in [5, 5.41) is 13.0. The molecule has 0 saturated heterocycles. The van der Waals surface area contributed by atoms with Gasteiger partial charge in [-0.05, 0) is 37.5 Å². The number of hydrogen-bond acceptors (Lipinski definition) is 3. The quantitative estimate of drug-likeness (QED) is 0.297. The van der Waals surface area contributed by atoms with Crippen molar-refractivity contribution in [2.45, 2.75) is 104 Å². The van der Waals surface area contributed by atoms with Gasteiger partial charge in [0.2, 0.25) is 5.91 Å². The molecule has 3 atom stereocenters. The normalized spacial score (nSPS) is 21.0. The van der Waals surface area contributed by atoms with Crippen LogP contribution in [0.1, 0.15) is 97.8 Å². The first-order valence-corrected chi connectivity index (χ1v) is 11.6. The van der Waals surface area contributed by atoms with Crippen molar-refractivity contribution in [1.29, 1.82) is 0 Å². The molecule has 4 heteroatoms. The molecule has 2 N–H and O–H groups in total. The van der Waals surface area contributed by atoms with Crippen LogP contribution in [0.5, 0.6) is 0 Å². The highest BCUT2D eigenvalue weighted by molar-refractivity contribution is 5.83. The monoisotopic (exact) mass is 393 g/mol. The van der Waals surface area contributed by atoms with Crippen LogP contribution in [0.3, 0.4) is 0 Å². The van der Waals surface area contributed by atoms with Crippen molar-refractivity contribution < 1.29 is 14.7 Å². The first-order chi connectivity index (χ1) is 13.4. The Morgan fingerprint density at radius 3 is 2.64 bits per heavy atom. The number of allylic oxidation sites excluding steroid dienone is 1. The second kappa shape index (κ2) is 14.8. The van der Waals surface area contributed by atoms with Crippen molar-refractivity contribution >= 4 is 11.7 Å². The highest BCUT2D eigenvalue weighted by Gasteiger charge is 2.32. The molecule has 1 rings (SSSR count). The molecule has 0 heterocycles. The number of amides is 1. The fourth-order valence-corrected chi connectivity index (χ4v) is 3.92. The molecule has 0 bridgehead atoms. The predicted octanol–water partition coefficient (Wildman–Crippen LogP) is 5.19. The molecule has 0 radical (unpaired) electrons. The van der Waals surface area contributed by atoms with Crippen LogP contribution in [-0.4, -0.2) is 29.4 Å². The Morgan fingerprint density at radius 1 is 1.18 bits per heavy atom. The summed E-state index contributed by atoms with van der Waals surface area (Å²) in [5.41, 5.74) is 0. The minimum Gasteiger partial charge on any atom is -0.389 e. The molecule has 4 nitrogen and oxygen atoms in total. The van der Waals surface area contributed by atoms with Crippen LogP contribution in [-0.2, 0) is 9.59 Å². The van der Waals surface area contributed by atoms with Crippen molar-refractivity contribution in [3.8, 4) is 0 Å². The number of unbranched alkanes of at least 4 members (excludes halogenated alkanes) is 5. The lowest BCUT2D eigenvalue weighted by atomic mass is 9.89. The van der Waals surface area contributed by atoms with Gasteiger partial charge < -0.3 is 10.4 Å². The standard InChI is InChI=1S/C24H43NO3/c1-4-5-8-11-21(26)16-14-20-15-17-23(27)22(20)12-9-6-7-10-13-24(28)25-18-19(2)3/h14,16,19-22,26H,4-13,15,17-18H2,1-3H3,(H,25,28). The first-order valence-electron chi connectivity index (χ1n) is 11.6. The maximum atomic E-state index is 12.2. The van der Waals surface area contributed by atoms with Crippen LogP contribution in [0.25, 0.3) is 0 Å². The molecule has 0 spiro atoms. The second-order valence-corrected chi connectivity index (χ2v) is 8.87. The van der Waals surface area contributed by atoms with Gasteiger partial charge in [0, 0.05) is 25.3 Å². The van der Waals surface area contributed by atoms with E-state index in [9.17, 15) is 14.7 Å². The number of ketones is 1. The Labute approximate surface area is 172 Å². The third kappa shape index (κ3) is 11.0. The number of Topliss-reactive ketones (excluding diaryl/α,β-unsaturated/α-hetero) is 1. The summed E-state index contributed by atoms with van der Waals surface area (Å²) in [7, 11) is 0. The van der Waals surface area contributed by atoms with Crippen LogP contribution >= 0.6 is 0 Å². The minimum atomic E-state index is -0.371. The molecule has 0 aromatic carbocycles. The number of hydrogen-bond donors (Lipinski definition) is 2. The van der Waals surface area contributed by atoms with E-state index in [4.69, 9.17) is 0 Å². The van der Waals surface area contributed by atoms with Gasteiger partial charge in [0.05, 0.1) is 6.10 Å². The van der Waals surface area contributed by atoms with Crippen LogP contribution in [0.15, 0.2) is 12.2 Å². The van der Waals surface area contributed by atoms with E-state index in [0.29, 0.717) is 30.5 Å². The van der Waals surface area contributed by atoms with Crippen molar-refractivity contribution in [2.24, 2.45) is 17.8 Å². The van der Waals surface area contributed by atoms with Crippen LogP contribution in [0.4, 0.5) is 0 Å². The summed E-state index contributed by atoms with van der Waals surface area (Å²) in [6, 6.07) is 0. The number of aliphatic hydroxyl groups excluding tert-OH is 1. The Hall–Kier alpha value is -1.16. The van der Waals surface area contributed by atoms with Crippen molar-refractivity contribution in [3.63, 3.8) is 0 Å². The van der Waals surface area contributed by atoms with E-state index in [-0.39, 0.29) is 17.9 Å². The summed E-state index contributed by atoms with van der Waals surface area (Å²) in [5.74, 6) is 1.47. The SMILES string of the molecule is CCCCCC(O)C=CC1CCC(=O)C1CCCCCCC(=O)NCC(C)C. The Bertz CT molecular complexity index is 472.